The van der Waals surface area contributed by atoms with Gasteiger partial charge in [0.2, 0.25) is 0 Å². The van der Waals surface area contributed by atoms with Gasteiger partial charge in [0.15, 0.2) is 0 Å². The van der Waals surface area contributed by atoms with Crippen molar-refractivity contribution in [2.75, 3.05) is 0 Å². The summed E-state index contributed by atoms with van der Waals surface area (Å²) in [5.74, 6) is -0.378. The number of nitrogens with zero attached hydrogens (tertiary/aromatic N) is 2. The molecular formula is C32H21Cl2F3N2O2. The second-order valence-corrected chi connectivity index (χ2v) is 10.1. The maximum Gasteiger partial charge on any atom is 0.416 e. The van der Waals surface area contributed by atoms with Gasteiger partial charge in [0.1, 0.15) is 5.82 Å². The zero-order valence-corrected chi connectivity index (χ0v) is 22.8. The smallest absolute Gasteiger partial charge is 0.416 e. The molecule has 0 aliphatic rings. The van der Waals surface area contributed by atoms with Gasteiger partial charge < -0.3 is 9.67 Å². The minimum Gasteiger partial charge on any atom is -0.478 e. The molecule has 0 saturated carbocycles. The monoisotopic (exact) mass is 592 g/mol. The van der Waals surface area contributed by atoms with E-state index < -0.39 is 17.7 Å². The largest absolute Gasteiger partial charge is 0.478 e. The summed E-state index contributed by atoms with van der Waals surface area (Å²) in [4.78, 5) is 16.0. The van der Waals surface area contributed by atoms with Gasteiger partial charge in [-0.15, -0.1) is 0 Å². The topological polar surface area (TPSA) is 55.1 Å². The van der Waals surface area contributed by atoms with Crippen molar-refractivity contribution in [2.45, 2.75) is 12.7 Å². The van der Waals surface area contributed by atoms with E-state index in [1.807, 2.05) is 35.0 Å². The lowest BCUT2D eigenvalue weighted by Crippen LogP contribution is -2.04. The fourth-order valence-electron chi connectivity index (χ4n) is 4.30. The molecule has 0 saturated heterocycles. The molecule has 5 rings (SSSR count). The van der Waals surface area contributed by atoms with Crippen LogP contribution in [0.4, 0.5) is 13.2 Å². The van der Waals surface area contributed by atoms with Crippen LogP contribution in [0.15, 0.2) is 97.2 Å². The van der Waals surface area contributed by atoms with Crippen LogP contribution in [0.25, 0.3) is 34.5 Å². The summed E-state index contributed by atoms with van der Waals surface area (Å²) >= 11 is 12.5. The van der Waals surface area contributed by atoms with E-state index in [2.05, 4.69) is 0 Å². The quantitative estimate of drug-likeness (QED) is 0.205. The summed E-state index contributed by atoms with van der Waals surface area (Å²) in [5.41, 5.74) is 3.68. The molecule has 1 heterocycles. The second-order valence-electron chi connectivity index (χ2n) is 9.27. The van der Waals surface area contributed by atoms with Crippen molar-refractivity contribution in [3.05, 3.63) is 135 Å². The molecule has 0 aliphatic heterocycles. The SMILES string of the molecule is O=C(O)c1ccc(Cn2cc(-c3ccc(Cl)cc3Cl)nc2/C=C/c2ccc(-c3cccc(C(F)(F)F)c3)cc2)cc1. The highest BCUT2D eigenvalue weighted by Crippen LogP contribution is 2.33. The molecule has 0 bridgehead atoms. The molecule has 0 aliphatic carbocycles. The molecule has 1 aromatic heterocycles. The van der Waals surface area contributed by atoms with Crippen molar-refractivity contribution in [1.29, 1.82) is 0 Å². The molecule has 5 aromatic rings. The van der Waals surface area contributed by atoms with E-state index in [1.54, 1.807) is 60.7 Å². The van der Waals surface area contributed by atoms with Crippen molar-refractivity contribution in [2.24, 2.45) is 0 Å². The predicted molar refractivity (Wildman–Crippen MR) is 156 cm³/mol. The molecular weight excluding hydrogens is 572 g/mol. The number of halogens is 5. The van der Waals surface area contributed by atoms with Crippen molar-refractivity contribution in [3.8, 4) is 22.4 Å². The van der Waals surface area contributed by atoms with Gasteiger partial charge in [-0.2, -0.15) is 13.2 Å². The molecule has 0 radical (unpaired) electrons. The number of carbonyl (C=O) groups is 1. The van der Waals surface area contributed by atoms with Crippen LogP contribution in [-0.4, -0.2) is 20.6 Å². The molecule has 0 fully saturated rings. The van der Waals surface area contributed by atoms with E-state index in [1.165, 1.54) is 6.07 Å². The molecule has 4 aromatic carbocycles. The maximum absolute atomic E-state index is 13.1. The Labute approximate surface area is 243 Å². The molecule has 1 N–H and O–H groups in total. The third-order valence-corrected chi connectivity index (χ3v) is 6.97. The van der Waals surface area contributed by atoms with Gasteiger partial charge in [-0.1, -0.05) is 77.8 Å². The Hall–Kier alpha value is -4.33. The van der Waals surface area contributed by atoms with Crippen LogP contribution >= 0.6 is 23.2 Å². The highest BCUT2D eigenvalue weighted by molar-refractivity contribution is 6.36. The Balaban J connectivity index is 1.44. The Morgan fingerprint density at radius 3 is 2.27 bits per heavy atom. The Kier molecular flexibility index (Phi) is 8.01. The number of aromatic carboxylic acids is 1. The molecule has 41 heavy (non-hydrogen) atoms. The van der Waals surface area contributed by atoms with Gasteiger partial charge in [-0.3, -0.25) is 0 Å². The van der Waals surface area contributed by atoms with Gasteiger partial charge in [-0.25, -0.2) is 9.78 Å². The summed E-state index contributed by atoms with van der Waals surface area (Å²) in [6.45, 7) is 0.423. The lowest BCUT2D eigenvalue weighted by atomic mass is 10.0. The first-order valence-corrected chi connectivity index (χ1v) is 13.1. The number of rotatable bonds is 7. The van der Waals surface area contributed by atoms with E-state index in [0.717, 1.165) is 23.3 Å². The van der Waals surface area contributed by atoms with Gasteiger partial charge >= 0.3 is 12.1 Å². The van der Waals surface area contributed by atoms with E-state index in [-0.39, 0.29) is 5.56 Å². The van der Waals surface area contributed by atoms with Crippen LogP contribution in [0.5, 0.6) is 0 Å². The first-order chi connectivity index (χ1) is 19.6. The van der Waals surface area contributed by atoms with Crippen molar-refractivity contribution < 1.29 is 23.1 Å². The fraction of sp³-hybridized carbons (Fsp3) is 0.0625. The lowest BCUT2D eigenvalue weighted by Gasteiger charge is -2.09. The zero-order chi connectivity index (χ0) is 29.1. The number of hydrogen-bond acceptors (Lipinski definition) is 2. The number of aromatic nitrogens is 2. The lowest BCUT2D eigenvalue weighted by molar-refractivity contribution is -0.137. The predicted octanol–water partition coefficient (Wildman–Crippen LogP) is 9.46. The van der Waals surface area contributed by atoms with E-state index >= 15 is 0 Å². The molecule has 9 heteroatoms. The number of hydrogen-bond donors (Lipinski definition) is 1. The number of carboxylic acids is 1. The van der Waals surface area contributed by atoms with Crippen molar-refractivity contribution in [3.63, 3.8) is 0 Å². The summed E-state index contributed by atoms with van der Waals surface area (Å²) in [7, 11) is 0. The average molecular weight is 593 g/mol. The second kappa shape index (κ2) is 11.6. The summed E-state index contributed by atoms with van der Waals surface area (Å²) in [5, 5.41) is 10.2. The summed E-state index contributed by atoms with van der Waals surface area (Å²) < 4.78 is 41.3. The van der Waals surface area contributed by atoms with Gasteiger partial charge in [-0.05, 0) is 70.8 Å². The first-order valence-electron chi connectivity index (χ1n) is 12.4. The van der Waals surface area contributed by atoms with E-state index in [9.17, 15) is 23.1 Å². The minimum atomic E-state index is -4.41. The molecule has 0 unspecified atom stereocenters. The average Bonchev–Trinajstić information content (AvgIpc) is 3.34. The third kappa shape index (κ3) is 6.70. The van der Waals surface area contributed by atoms with Crippen molar-refractivity contribution in [1.82, 2.24) is 9.55 Å². The van der Waals surface area contributed by atoms with E-state index in [4.69, 9.17) is 28.2 Å². The highest BCUT2D eigenvalue weighted by atomic mass is 35.5. The maximum atomic E-state index is 13.1. The Bertz CT molecular complexity index is 1740. The molecule has 0 atom stereocenters. The zero-order valence-electron chi connectivity index (χ0n) is 21.2. The van der Waals surface area contributed by atoms with Gasteiger partial charge in [0, 0.05) is 23.3 Å². The third-order valence-electron chi connectivity index (χ3n) is 6.43. The fourth-order valence-corrected chi connectivity index (χ4v) is 4.80. The number of imidazole rings is 1. The Morgan fingerprint density at radius 2 is 1.61 bits per heavy atom. The van der Waals surface area contributed by atoms with Crippen LogP contribution in [0.2, 0.25) is 10.0 Å². The van der Waals surface area contributed by atoms with Crippen LogP contribution in [0, 0.1) is 0 Å². The Morgan fingerprint density at radius 1 is 0.878 bits per heavy atom. The van der Waals surface area contributed by atoms with Crippen molar-refractivity contribution >= 4 is 41.3 Å². The summed E-state index contributed by atoms with van der Waals surface area (Å²) in [6, 6.07) is 24.2. The highest BCUT2D eigenvalue weighted by Gasteiger charge is 2.30. The molecule has 0 spiro atoms. The van der Waals surface area contributed by atoms with E-state index in [0.29, 0.717) is 44.8 Å². The van der Waals surface area contributed by atoms with Gasteiger partial charge in [0.05, 0.1) is 21.8 Å². The first kappa shape index (κ1) is 28.2. The standard InChI is InChI=1S/C32H21Cl2F3N2O2/c33-26-13-14-27(28(34)17-26)29-19-39(18-21-6-11-23(12-7-21)31(40)41)30(38-29)15-8-20-4-9-22(10-5-20)24-2-1-3-25(16-24)32(35,36)37/h1-17,19H,18H2,(H,40,41)/b15-8+. The molecule has 4 nitrogen and oxygen atoms in total. The van der Waals surface area contributed by atoms with Crippen LogP contribution in [0.3, 0.4) is 0 Å². The van der Waals surface area contributed by atoms with Crippen LogP contribution < -0.4 is 0 Å². The summed E-state index contributed by atoms with van der Waals surface area (Å²) in [6.07, 6.45) is 1.14. The molecule has 0 amide bonds. The molecule has 206 valence electrons. The number of alkyl halides is 3. The van der Waals surface area contributed by atoms with Crippen LogP contribution in [-0.2, 0) is 12.7 Å². The number of benzene rings is 4. The normalized spacial score (nSPS) is 11.7. The minimum absolute atomic E-state index is 0.196. The van der Waals surface area contributed by atoms with Gasteiger partial charge in [0.25, 0.3) is 0 Å². The number of carboxylic acid groups (broad SMARTS) is 1. The van der Waals surface area contributed by atoms with Crippen LogP contribution in [0.1, 0.15) is 32.9 Å².